The van der Waals surface area contributed by atoms with Crippen LogP contribution in [0.15, 0.2) is 19.5 Å². The molecular formula is C54H110N4O6S2. The number of thiocarbonyl (C=S) groups is 1. The van der Waals surface area contributed by atoms with Crippen molar-refractivity contribution < 1.29 is 27.6 Å². The highest BCUT2D eigenvalue weighted by Crippen LogP contribution is 2.11. The quantitative estimate of drug-likeness (QED) is 0.0611. The summed E-state index contributed by atoms with van der Waals surface area (Å²) in [5.74, 6) is 4.87. The van der Waals surface area contributed by atoms with E-state index in [9.17, 15) is 22.8 Å². The lowest BCUT2D eigenvalue weighted by atomic mass is 9.98. The lowest BCUT2D eigenvalue weighted by molar-refractivity contribution is -0.140. The minimum absolute atomic E-state index is 0.157. The van der Waals surface area contributed by atoms with Crippen LogP contribution in [0.1, 0.15) is 194 Å². The molecule has 0 fully saturated rings. The number of hydrogen-bond donors (Lipinski definition) is 0. The molecule has 66 heavy (non-hydrogen) atoms. The number of carbonyl (C=O) groups excluding carboxylic acids is 3. The van der Waals surface area contributed by atoms with E-state index < -0.39 is 10.0 Å². The maximum absolute atomic E-state index is 10.9. The molecule has 0 radical (unpaired) electrons. The monoisotopic (exact) mass is 975 g/mol. The van der Waals surface area contributed by atoms with E-state index in [1.54, 1.807) is 34.8 Å². The highest BCUT2D eigenvalue weighted by molar-refractivity contribution is 7.89. The molecule has 0 amide bonds. The van der Waals surface area contributed by atoms with Crippen molar-refractivity contribution in [1.82, 2.24) is 0 Å². The minimum Gasteiger partial charge on any atom is -0.399 e. The fourth-order valence-electron chi connectivity index (χ4n) is 6.32. The van der Waals surface area contributed by atoms with Gasteiger partial charge >= 0.3 is 0 Å². The lowest BCUT2D eigenvalue weighted by Crippen LogP contribution is -2.23. The number of nitrogens with zero attached hydrogens (tertiary/aromatic N) is 4. The van der Waals surface area contributed by atoms with Crippen LogP contribution in [0.25, 0.3) is 0 Å². The highest BCUT2D eigenvalue weighted by Gasteiger charge is 2.20. The van der Waals surface area contributed by atoms with Crippen LogP contribution in [0.5, 0.6) is 0 Å². The maximum Gasteiger partial charge on any atom is 0.250 e. The summed E-state index contributed by atoms with van der Waals surface area (Å²) in [6.07, 6.45) is 1.12. The maximum atomic E-state index is 10.9. The topological polar surface area (TPSA) is 144 Å². The Morgan fingerprint density at radius 2 is 0.606 bits per heavy atom. The van der Waals surface area contributed by atoms with Gasteiger partial charge in [0.2, 0.25) is 21.6 Å². The van der Waals surface area contributed by atoms with Gasteiger partial charge in [-0.25, -0.2) is 8.42 Å². The van der Waals surface area contributed by atoms with E-state index in [0.717, 1.165) is 17.7 Å². The second-order valence-corrected chi connectivity index (χ2v) is 23.1. The first-order valence-electron chi connectivity index (χ1n) is 24.6. The van der Waals surface area contributed by atoms with Gasteiger partial charge in [-0.3, -0.25) is 24.4 Å². The zero-order valence-electron chi connectivity index (χ0n) is 49.1. The number of sulfonamides is 1. The molecule has 0 aliphatic carbocycles. The normalized spacial score (nSPS) is 10.9. The van der Waals surface area contributed by atoms with Crippen molar-refractivity contribution in [3.8, 4) is 0 Å². The Labute approximate surface area is 416 Å². The Bertz CT molecular complexity index is 1400. The summed E-state index contributed by atoms with van der Waals surface area (Å²) in [7, 11) is 2.10. The van der Waals surface area contributed by atoms with E-state index in [-0.39, 0.29) is 47.1 Å². The summed E-state index contributed by atoms with van der Waals surface area (Å²) in [5, 5.41) is 3.94. The van der Waals surface area contributed by atoms with Crippen LogP contribution in [0, 0.1) is 82.9 Å². The Hall–Kier alpha value is -2.47. The summed E-state index contributed by atoms with van der Waals surface area (Å²) >= 11 is 5.10. The van der Waals surface area contributed by atoms with Gasteiger partial charge < -0.3 is 4.84 Å². The van der Waals surface area contributed by atoms with Crippen molar-refractivity contribution in [3.05, 3.63) is 0 Å². The molecule has 0 spiro atoms. The van der Waals surface area contributed by atoms with Gasteiger partial charge in [0.15, 0.2) is 0 Å². The van der Waals surface area contributed by atoms with Gasteiger partial charge in [-0.05, 0) is 64.0 Å². The van der Waals surface area contributed by atoms with E-state index in [0.29, 0.717) is 53.1 Å². The number of Topliss-reactive ketones (excluding diaryl/α,β-unsaturated/α-hetero) is 3. The molecule has 0 N–H and O–H groups in total. The SMILES string of the molecule is CC(C)C(=NS(C)(=O)=O)C(C)C.CC(C)C(=O)C(=O)C(C)C.CC(C)C(=O)C(C)C.CC(C)C(=S)C(C)C.CN=C(C(C)C)C(C)C.CN=C(C(C)C)C(C)C.CON=C(C(C)C)C(C)C. The second kappa shape index (κ2) is 42.6. The van der Waals surface area contributed by atoms with Crippen LogP contribution in [0.2, 0.25) is 0 Å². The van der Waals surface area contributed by atoms with Crippen LogP contribution in [0.3, 0.4) is 0 Å². The number of ketones is 3. The van der Waals surface area contributed by atoms with Crippen molar-refractivity contribution in [3.63, 3.8) is 0 Å². The molecule has 394 valence electrons. The predicted molar refractivity (Wildman–Crippen MR) is 299 cm³/mol. The minimum atomic E-state index is -3.23. The van der Waals surface area contributed by atoms with Gasteiger partial charge in [-0.2, -0.15) is 4.40 Å². The van der Waals surface area contributed by atoms with Crippen LogP contribution in [-0.4, -0.2) is 80.9 Å². The molecule has 0 rings (SSSR count). The van der Waals surface area contributed by atoms with Crippen molar-refractivity contribution in [2.45, 2.75) is 194 Å². The Morgan fingerprint density at radius 1 is 0.379 bits per heavy atom. The van der Waals surface area contributed by atoms with Gasteiger partial charge in [-0.15, -0.1) is 0 Å². The first-order chi connectivity index (χ1) is 29.6. The molecule has 0 unspecified atom stereocenters. The molecular weight excluding hydrogens is 865 g/mol. The number of aliphatic imine (C=N–C) groups is 2. The fourth-order valence-corrected chi connectivity index (χ4v) is 7.12. The average molecular weight is 976 g/mol. The van der Waals surface area contributed by atoms with Crippen molar-refractivity contribution in [1.29, 1.82) is 0 Å². The Balaban J connectivity index is -0.000000124. The van der Waals surface area contributed by atoms with Crippen molar-refractivity contribution in [2.24, 2.45) is 102 Å². The summed E-state index contributed by atoms with van der Waals surface area (Å²) in [5.41, 5.74) is 4.50. The molecule has 0 aromatic heterocycles. The summed E-state index contributed by atoms with van der Waals surface area (Å²) in [6, 6.07) is 0. The molecule has 0 saturated heterocycles. The Kier molecular flexibility index (Phi) is 50.2. The number of rotatable bonds is 17. The zero-order chi connectivity index (χ0) is 54.7. The van der Waals surface area contributed by atoms with E-state index in [1.807, 2.05) is 69.5 Å². The molecule has 0 aliphatic heterocycles. The van der Waals surface area contributed by atoms with E-state index in [2.05, 4.69) is 130 Å². The molecule has 0 aromatic rings. The van der Waals surface area contributed by atoms with Gasteiger partial charge in [0.1, 0.15) is 12.9 Å². The smallest absolute Gasteiger partial charge is 0.250 e. The molecule has 0 aliphatic rings. The average Bonchev–Trinajstić information content (AvgIpc) is 3.15. The van der Waals surface area contributed by atoms with Crippen molar-refractivity contribution >= 4 is 67.3 Å². The standard InChI is InChI=1S/C8H17NO2S.C8H17NO.2C8H17N.C8H14O2.C7H14O.C7H14S/c1-6(2)8(7(3)4)9-12(5,10)11;1-6(2)8(7(3)4)9-10-5;2*1-6(2)8(9-5)7(3)4;1-5(2)7(9)8(10)6(3)4;2*1-5(2)7(8)6(3)4/h6-7H,1-5H3;6-7H,1-5H3;2*6-7H,1-5H3;5-6H,1-4H3;2*5-6H,1-4H3. The number of oxime groups is 1. The van der Waals surface area contributed by atoms with Gasteiger partial charge in [-0.1, -0.05) is 211 Å². The first kappa shape index (κ1) is 77.7. The van der Waals surface area contributed by atoms with E-state index in [4.69, 9.17) is 17.1 Å². The molecule has 0 heterocycles. The van der Waals surface area contributed by atoms with E-state index >= 15 is 0 Å². The molecule has 0 aromatic carbocycles. The molecule has 10 nitrogen and oxygen atoms in total. The molecule has 0 saturated carbocycles. The predicted octanol–water partition coefficient (Wildman–Crippen LogP) is 14.7. The molecule has 12 heteroatoms. The number of carbonyl (C=O) groups is 3. The Morgan fingerprint density at radius 3 is 0.652 bits per heavy atom. The van der Waals surface area contributed by atoms with Gasteiger partial charge in [0.05, 0.1) is 12.0 Å². The first-order valence-corrected chi connectivity index (χ1v) is 26.8. The van der Waals surface area contributed by atoms with Crippen molar-refractivity contribution in [2.75, 3.05) is 27.5 Å². The second-order valence-electron chi connectivity index (χ2n) is 20.9. The summed E-state index contributed by atoms with van der Waals surface area (Å²) in [4.78, 5) is 47.0. The highest BCUT2D eigenvalue weighted by atomic mass is 32.2. The van der Waals surface area contributed by atoms with Crippen LogP contribution in [0.4, 0.5) is 0 Å². The third-order valence-corrected chi connectivity index (χ3v) is 10.8. The van der Waals surface area contributed by atoms with E-state index in [1.165, 1.54) is 16.3 Å². The molecule has 0 atom stereocenters. The zero-order valence-corrected chi connectivity index (χ0v) is 50.8. The van der Waals surface area contributed by atoms with Crippen LogP contribution < -0.4 is 0 Å². The van der Waals surface area contributed by atoms with Gasteiger partial charge in [0, 0.05) is 54.9 Å². The van der Waals surface area contributed by atoms with Crippen LogP contribution in [-0.2, 0) is 29.2 Å². The lowest BCUT2D eigenvalue weighted by Gasteiger charge is -2.12. The fraction of sp³-hybridized carbons (Fsp3) is 0.852. The molecule has 0 bridgehead atoms. The number of hydrogen-bond acceptors (Lipinski definition) is 10. The largest absolute Gasteiger partial charge is 0.399 e. The third-order valence-electron chi connectivity index (χ3n) is 9.28. The van der Waals surface area contributed by atoms with Gasteiger partial charge in [0.25, 0.3) is 0 Å². The summed E-state index contributed by atoms with van der Waals surface area (Å²) < 4.78 is 25.4. The third kappa shape index (κ3) is 46.6. The van der Waals surface area contributed by atoms with Crippen LogP contribution >= 0.6 is 12.2 Å². The summed E-state index contributed by atoms with van der Waals surface area (Å²) in [6.45, 7) is 57.0.